The molecule has 7 heteroatoms. The van der Waals surface area contributed by atoms with Crippen LogP contribution in [0.2, 0.25) is 0 Å². The van der Waals surface area contributed by atoms with Gasteiger partial charge in [0.1, 0.15) is 12.4 Å². The average molecular weight is 465 g/mol. The lowest BCUT2D eigenvalue weighted by molar-refractivity contribution is -0.133. The van der Waals surface area contributed by atoms with Crippen LogP contribution in [0.4, 0.5) is 0 Å². The van der Waals surface area contributed by atoms with E-state index in [1.54, 1.807) is 13.2 Å². The first-order valence-corrected chi connectivity index (χ1v) is 10.8. The number of aryl methyl sites for hydroxylation is 2. The van der Waals surface area contributed by atoms with E-state index in [1.807, 2.05) is 48.5 Å². The second kappa shape index (κ2) is 11.7. The molecule has 3 rings (SSSR count). The predicted molar refractivity (Wildman–Crippen MR) is 127 cm³/mol. The third kappa shape index (κ3) is 6.75. The summed E-state index contributed by atoms with van der Waals surface area (Å²) in [7, 11) is 3.06. The number of esters is 2. The van der Waals surface area contributed by atoms with Crippen LogP contribution in [0.1, 0.15) is 30.5 Å². The Morgan fingerprint density at radius 3 is 2.06 bits per heavy atom. The molecule has 0 saturated heterocycles. The standard InChI is InChI=1S/C27H28O7/c1-18(28)33-23-15-22(27(34-19(2)29)26(16-23)31-4)12-10-20-11-13-24(25(14-20)30-3)32-17-21-8-6-5-7-9-21/h5-9,11,13-16H,10,12,17H2,1-4H3. The fourth-order valence-corrected chi connectivity index (χ4v) is 3.45. The van der Waals surface area contributed by atoms with Gasteiger partial charge in [0.05, 0.1) is 14.2 Å². The van der Waals surface area contributed by atoms with Crippen LogP contribution in [0.3, 0.4) is 0 Å². The van der Waals surface area contributed by atoms with Gasteiger partial charge < -0.3 is 23.7 Å². The molecule has 0 aliphatic carbocycles. The number of methoxy groups -OCH3 is 2. The summed E-state index contributed by atoms with van der Waals surface area (Å²) in [5.74, 6) is 1.28. The summed E-state index contributed by atoms with van der Waals surface area (Å²) in [5, 5.41) is 0. The highest BCUT2D eigenvalue weighted by molar-refractivity contribution is 5.73. The summed E-state index contributed by atoms with van der Waals surface area (Å²) in [4.78, 5) is 23.1. The smallest absolute Gasteiger partial charge is 0.308 e. The molecule has 0 bridgehead atoms. The summed E-state index contributed by atoms with van der Waals surface area (Å²) in [6.45, 7) is 3.08. The molecule has 34 heavy (non-hydrogen) atoms. The highest BCUT2D eigenvalue weighted by atomic mass is 16.6. The second-order valence-electron chi connectivity index (χ2n) is 7.56. The molecule has 0 saturated carbocycles. The maximum atomic E-state index is 11.7. The van der Waals surface area contributed by atoms with E-state index in [4.69, 9.17) is 23.7 Å². The first-order valence-electron chi connectivity index (χ1n) is 10.8. The van der Waals surface area contributed by atoms with Crippen LogP contribution in [0, 0.1) is 0 Å². The monoisotopic (exact) mass is 464 g/mol. The Morgan fingerprint density at radius 2 is 1.41 bits per heavy atom. The van der Waals surface area contributed by atoms with Crippen LogP contribution >= 0.6 is 0 Å². The number of hydrogen-bond acceptors (Lipinski definition) is 7. The Balaban J connectivity index is 1.80. The van der Waals surface area contributed by atoms with Gasteiger partial charge in [-0.05, 0) is 42.2 Å². The van der Waals surface area contributed by atoms with Crippen LogP contribution in [0.15, 0.2) is 60.7 Å². The molecule has 3 aromatic rings. The van der Waals surface area contributed by atoms with Crippen molar-refractivity contribution in [2.45, 2.75) is 33.3 Å². The van der Waals surface area contributed by atoms with Gasteiger partial charge >= 0.3 is 11.9 Å². The van der Waals surface area contributed by atoms with E-state index in [2.05, 4.69) is 0 Å². The average Bonchev–Trinajstić information content (AvgIpc) is 2.82. The number of hydrogen-bond donors (Lipinski definition) is 0. The van der Waals surface area contributed by atoms with Crippen molar-refractivity contribution in [2.75, 3.05) is 14.2 Å². The normalized spacial score (nSPS) is 10.4. The maximum Gasteiger partial charge on any atom is 0.308 e. The van der Waals surface area contributed by atoms with E-state index in [0.717, 1.165) is 11.1 Å². The van der Waals surface area contributed by atoms with Crippen molar-refractivity contribution in [3.8, 4) is 28.7 Å². The van der Waals surface area contributed by atoms with E-state index < -0.39 is 11.9 Å². The van der Waals surface area contributed by atoms with Crippen molar-refractivity contribution < 1.29 is 33.3 Å². The van der Waals surface area contributed by atoms with Crippen LogP contribution in [0.25, 0.3) is 0 Å². The quantitative estimate of drug-likeness (QED) is 0.311. The van der Waals surface area contributed by atoms with Gasteiger partial charge in [0, 0.05) is 25.5 Å². The SMILES string of the molecule is COc1cc(CCc2cc(OC(C)=O)cc(OC)c2OC(C)=O)ccc1OCc1ccccc1. The molecule has 3 aromatic carbocycles. The Morgan fingerprint density at radius 1 is 0.706 bits per heavy atom. The lowest BCUT2D eigenvalue weighted by atomic mass is 10.0. The summed E-state index contributed by atoms with van der Waals surface area (Å²) < 4.78 is 27.5. The minimum Gasteiger partial charge on any atom is -0.493 e. The Labute approximate surface area is 199 Å². The van der Waals surface area contributed by atoms with E-state index in [9.17, 15) is 9.59 Å². The molecular weight excluding hydrogens is 436 g/mol. The molecule has 0 aliphatic heterocycles. The van der Waals surface area contributed by atoms with E-state index in [-0.39, 0.29) is 0 Å². The molecule has 0 radical (unpaired) electrons. The minimum absolute atomic E-state index is 0.306. The van der Waals surface area contributed by atoms with Crippen LogP contribution in [-0.4, -0.2) is 26.2 Å². The van der Waals surface area contributed by atoms with Crippen LogP contribution < -0.4 is 23.7 Å². The van der Waals surface area contributed by atoms with Gasteiger partial charge in [0.15, 0.2) is 23.0 Å². The van der Waals surface area contributed by atoms with Gasteiger partial charge in [0.25, 0.3) is 0 Å². The van der Waals surface area contributed by atoms with E-state index in [1.165, 1.54) is 27.0 Å². The molecule has 0 unspecified atom stereocenters. The molecule has 0 aliphatic rings. The van der Waals surface area contributed by atoms with Gasteiger partial charge in [-0.3, -0.25) is 9.59 Å². The molecule has 0 heterocycles. The number of carbonyl (C=O) groups excluding carboxylic acids is 2. The van der Waals surface area contributed by atoms with Crippen LogP contribution in [0.5, 0.6) is 28.7 Å². The molecule has 0 spiro atoms. The van der Waals surface area contributed by atoms with Gasteiger partial charge in [0.2, 0.25) is 0 Å². The molecule has 178 valence electrons. The lowest BCUT2D eigenvalue weighted by Gasteiger charge is -2.16. The topological polar surface area (TPSA) is 80.3 Å². The maximum absolute atomic E-state index is 11.7. The third-order valence-corrected chi connectivity index (χ3v) is 4.98. The summed E-state index contributed by atoms with van der Waals surface area (Å²) >= 11 is 0. The Hall–Kier alpha value is -4.00. The lowest BCUT2D eigenvalue weighted by Crippen LogP contribution is -2.08. The third-order valence-electron chi connectivity index (χ3n) is 4.98. The summed E-state index contributed by atoms with van der Waals surface area (Å²) in [5.41, 5.74) is 2.73. The zero-order valence-electron chi connectivity index (χ0n) is 19.8. The van der Waals surface area contributed by atoms with Crippen molar-refractivity contribution in [1.29, 1.82) is 0 Å². The molecule has 0 atom stereocenters. The van der Waals surface area contributed by atoms with Crippen molar-refractivity contribution >= 4 is 11.9 Å². The number of rotatable bonds is 10. The van der Waals surface area contributed by atoms with Crippen molar-refractivity contribution in [2.24, 2.45) is 0 Å². The van der Waals surface area contributed by atoms with Gasteiger partial charge in [-0.1, -0.05) is 36.4 Å². The van der Waals surface area contributed by atoms with Crippen molar-refractivity contribution in [3.05, 3.63) is 77.4 Å². The summed E-state index contributed by atoms with van der Waals surface area (Å²) in [6, 6.07) is 18.8. The zero-order chi connectivity index (χ0) is 24.5. The number of ether oxygens (including phenoxy) is 5. The molecule has 0 N–H and O–H groups in total. The molecular formula is C27H28O7. The number of benzene rings is 3. The Kier molecular flexibility index (Phi) is 8.51. The molecule has 0 amide bonds. The highest BCUT2D eigenvalue weighted by Gasteiger charge is 2.17. The van der Waals surface area contributed by atoms with E-state index in [0.29, 0.717) is 53.8 Å². The van der Waals surface area contributed by atoms with Crippen molar-refractivity contribution in [1.82, 2.24) is 0 Å². The van der Waals surface area contributed by atoms with Gasteiger partial charge in [-0.2, -0.15) is 0 Å². The first-order chi connectivity index (χ1) is 16.4. The fourth-order valence-electron chi connectivity index (χ4n) is 3.45. The van der Waals surface area contributed by atoms with Gasteiger partial charge in [-0.15, -0.1) is 0 Å². The zero-order valence-corrected chi connectivity index (χ0v) is 19.8. The van der Waals surface area contributed by atoms with Crippen molar-refractivity contribution in [3.63, 3.8) is 0 Å². The van der Waals surface area contributed by atoms with E-state index >= 15 is 0 Å². The number of carbonyl (C=O) groups is 2. The highest BCUT2D eigenvalue weighted by Crippen LogP contribution is 2.37. The molecule has 7 nitrogen and oxygen atoms in total. The molecule has 0 aromatic heterocycles. The largest absolute Gasteiger partial charge is 0.493 e. The summed E-state index contributed by atoms with van der Waals surface area (Å²) in [6.07, 6.45) is 1.11. The fraction of sp³-hybridized carbons (Fsp3) is 0.259. The van der Waals surface area contributed by atoms with Crippen LogP contribution in [-0.2, 0) is 29.0 Å². The predicted octanol–water partition coefficient (Wildman–Crippen LogP) is 4.92. The van der Waals surface area contributed by atoms with Gasteiger partial charge in [-0.25, -0.2) is 0 Å². The molecule has 0 fully saturated rings. The first kappa shape index (κ1) is 24.6. The second-order valence-corrected chi connectivity index (χ2v) is 7.56. The Bertz CT molecular complexity index is 1140. The minimum atomic E-state index is -0.471.